The SMILES string of the molecule is O=C(Nc1sc2c(c1[C@H](c1ccccc1Cl)N1CCCCC1)CCCC2)c1ccco1. The van der Waals surface area contributed by atoms with Crippen LogP contribution in [0.4, 0.5) is 5.00 Å². The van der Waals surface area contributed by atoms with Crippen LogP contribution in [0.25, 0.3) is 0 Å². The fourth-order valence-electron chi connectivity index (χ4n) is 4.95. The molecule has 2 aliphatic rings. The number of benzene rings is 1. The Kier molecular flexibility index (Phi) is 6.17. The van der Waals surface area contributed by atoms with E-state index >= 15 is 0 Å². The van der Waals surface area contributed by atoms with Gasteiger partial charge in [-0.1, -0.05) is 36.2 Å². The van der Waals surface area contributed by atoms with E-state index in [9.17, 15) is 4.79 Å². The molecule has 31 heavy (non-hydrogen) atoms. The molecule has 0 spiro atoms. The first-order valence-corrected chi connectivity index (χ1v) is 12.4. The van der Waals surface area contributed by atoms with Gasteiger partial charge in [0.25, 0.3) is 5.91 Å². The zero-order valence-corrected chi connectivity index (χ0v) is 19.1. The number of nitrogens with zero attached hydrogens (tertiary/aromatic N) is 1. The van der Waals surface area contributed by atoms with Gasteiger partial charge in [0.1, 0.15) is 5.00 Å². The third-order valence-electron chi connectivity index (χ3n) is 6.41. The lowest BCUT2D eigenvalue weighted by atomic mass is 9.88. The van der Waals surface area contributed by atoms with Gasteiger partial charge in [0, 0.05) is 15.5 Å². The molecule has 2 aromatic heterocycles. The topological polar surface area (TPSA) is 45.5 Å². The first-order chi connectivity index (χ1) is 15.2. The fraction of sp³-hybridized carbons (Fsp3) is 0.400. The Morgan fingerprint density at radius 1 is 1.03 bits per heavy atom. The molecule has 1 fully saturated rings. The van der Waals surface area contributed by atoms with Gasteiger partial charge in [0.15, 0.2) is 5.76 Å². The highest BCUT2D eigenvalue weighted by molar-refractivity contribution is 7.16. The van der Waals surface area contributed by atoms with Crippen molar-refractivity contribution in [2.45, 2.75) is 51.0 Å². The van der Waals surface area contributed by atoms with E-state index in [-0.39, 0.29) is 11.9 Å². The molecule has 1 aliphatic heterocycles. The van der Waals surface area contributed by atoms with E-state index in [4.69, 9.17) is 16.0 Å². The quantitative estimate of drug-likeness (QED) is 0.466. The summed E-state index contributed by atoms with van der Waals surface area (Å²) in [5, 5.41) is 4.93. The minimum atomic E-state index is -0.193. The van der Waals surface area contributed by atoms with Gasteiger partial charge >= 0.3 is 0 Å². The van der Waals surface area contributed by atoms with E-state index in [1.54, 1.807) is 23.5 Å². The zero-order valence-electron chi connectivity index (χ0n) is 17.5. The van der Waals surface area contributed by atoms with Crippen molar-refractivity contribution in [3.63, 3.8) is 0 Å². The molecule has 4 nitrogen and oxygen atoms in total. The van der Waals surface area contributed by atoms with Gasteiger partial charge in [-0.15, -0.1) is 11.3 Å². The molecule has 0 saturated carbocycles. The smallest absolute Gasteiger partial charge is 0.291 e. The minimum absolute atomic E-state index is 0.0546. The fourth-order valence-corrected chi connectivity index (χ4v) is 6.51. The van der Waals surface area contributed by atoms with Gasteiger partial charge in [-0.2, -0.15) is 0 Å². The number of amides is 1. The summed E-state index contributed by atoms with van der Waals surface area (Å²) in [6, 6.07) is 11.7. The van der Waals surface area contributed by atoms with Crippen LogP contribution in [0.3, 0.4) is 0 Å². The van der Waals surface area contributed by atoms with Crippen LogP contribution in [0.15, 0.2) is 47.1 Å². The van der Waals surface area contributed by atoms with Gasteiger partial charge in [-0.3, -0.25) is 9.69 Å². The Balaban J connectivity index is 1.63. The number of fused-ring (bicyclic) bond motifs is 1. The molecule has 1 aliphatic carbocycles. The van der Waals surface area contributed by atoms with Crippen LogP contribution in [0.2, 0.25) is 5.02 Å². The van der Waals surface area contributed by atoms with Crippen molar-refractivity contribution in [3.8, 4) is 0 Å². The van der Waals surface area contributed by atoms with Crippen LogP contribution in [0, 0.1) is 0 Å². The molecule has 1 N–H and O–H groups in total. The lowest BCUT2D eigenvalue weighted by Crippen LogP contribution is -2.35. The molecular formula is C25H27ClN2O2S. The Hall–Kier alpha value is -2.08. The van der Waals surface area contributed by atoms with Crippen LogP contribution in [-0.4, -0.2) is 23.9 Å². The molecule has 3 heterocycles. The van der Waals surface area contributed by atoms with Crippen LogP contribution in [-0.2, 0) is 12.8 Å². The van der Waals surface area contributed by atoms with Crippen molar-refractivity contribution in [1.82, 2.24) is 4.90 Å². The van der Waals surface area contributed by atoms with Gasteiger partial charge in [0.2, 0.25) is 0 Å². The van der Waals surface area contributed by atoms with Gasteiger partial charge < -0.3 is 9.73 Å². The van der Waals surface area contributed by atoms with Gasteiger partial charge in [-0.25, -0.2) is 0 Å². The van der Waals surface area contributed by atoms with Crippen molar-refractivity contribution in [3.05, 3.63) is 75.0 Å². The number of hydrogen-bond acceptors (Lipinski definition) is 4. The highest BCUT2D eigenvalue weighted by Crippen LogP contribution is 2.47. The molecule has 1 saturated heterocycles. The number of likely N-dealkylation sites (tertiary alicyclic amines) is 1. The average molecular weight is 455 g/mol. The third kappa shape index (κ3) is 4.19. The second kappa shape index (κ2) is 9.19. The van der Waals surface area contributed by atoms with E-state index in [1.807, 2.05) is 12.1 Å². The Bertz CT molecular complexity index is 1050. The maximum absolute atomic E-state index is 12.9. The lowest BCUT2D eigenvalue weighted by molar-refractivity contribution is 0.0996. The summed E-state index contributed by atoms with van der Waals surface area (Å²) in [7, 11) is 0. The number of rotatable bonds is 5. The second-order valence-corrected chi connectivity index (χ2v) is 9.92. The molecule has 5 rings (SSSR count). The highest BCUT2D eigenvalue weighted by Gasteiger charge is 2.33. The summed E-state index contributed by atoms with van der Waals surface area (Å²) < 4.78 is 5.35. The molecule has 1 aromatic carbocycles. The Morgan fingerprint density at radius 2 is 1.84 bits per heavy atom. The summed E-state index contributed by atoms with van der Waals surface area (Å²) in [5.74, 6) is 0.144. The number of hydrogen-bond donors (Lipinski definition) is 1. The molecule has 3 aromatic rings. The summed E-state index contributed by atoms with van der Waals surface area (Å²) >= 11 is 8.49. The van der Waals surface area contributed by atoms with E-state index in [0.717, 1.165) is 41.5 Å². The van der Waals surface area contributed by atoms with Crippen LogP contribution >= 0.6 is 22.9 Å². The number of halogens is 1. The summed E-state index contributed by atoms with van der Waals surface area (Å²) in [6.45, 7) is 2.10. The number of anilines is 1. The van der Waals surface area contributed by atoms with Gasteiger partial charge in [0.05, 0.1) is 12.3 Å². The van der Waals surface area contributed by atoms with Crippen molar-refractivity contribution >= 4 is 33.8 Å². The Morgan fingerprint density at radius 3 is 2.61 bits per heavy atom. The monoisotopic (exact) mass is 454 g/mol. The average Bonchev–Trinajstić information content (AvgIpc) is 3.45. The van der Waals surface area contributed by atoms with E-state index < -0.39 is 0 Å². The first kappa shape index (κ1) is 20.8. The summed E-state index contributed by atoms with van der Waals surface area (Å²) in [6.07, 6.45) is 9.75. The highest BCUT2D eigenvalue weighted by atomic mass is 35.5. The molecule has 162 valence electrons. The van der Waals surface area contributed by atoms with Crippen molar-refractivity contribution in [2.24, 2.45) is 0 Å². The van der Waals surface area contributed by atoms with Crippen molar-refractivity contribution < 1.29 is 9.21 Å². The lowest BCUT2D eigenvalue weighted by Gasteiger charge is -2.36. The zero-order chi connectivity index (χ0) is 21.2. The Labute approximate surface area is 192 Å². The number of piperidine rings is 1. The van der Waals surface area contributed by atoms with E-state index in [2.05, 4.69) is 22.3 Å². The molecule has 0 unspecified atom stereocenters. The van der Waals surface area contributed by atoms with Crippen molar-refractivity contribution in [2.75, 3.05) is 18.4 Å². The standard InChI is InChI=1S/C25H27ClN2O2S/c26-19-11-4-2-9-17(19)23(28-14-6-1-7-15-28)22-18-10-3-5-13-21(18)31-25(22)27-24(29)20-12-8-16-30-20/h2,4,8-9,11-12,16,23H,1,3,5-7,10,13-15H2,(H,27,29)/t23-/m0/s1. The second-order valence-electron chi connectivity index (χ2n) is 8.41. The number of thiophene rings is 1. The number of nitrogens with one attached hydrogen (secondary N) is 1. The molecule has 1 amide bonds. The maximum Gasteiger partial charge on any atom is 0.291 e. The van der Waals surface area contributed by atoms with Crippen LogP contribution in [0.1, 0.15) is 70.3 Å². The number of aryl methyl sites for hydroxylation is 1. The molecule has 1 atom stereocenters. The maximum atomic E-state index is 12.9. The molecule has 0 radical (unpaired) electrons. The van der Waals surface area contributed by atoms with E-state index in [0.29, 0.717) is 5.76 Å². The minimum Gasteiger partial charge on any atom is -0.459 e. The largest absolute Gasteiger partial charge is 0.459 e. The number of carbonyl (C=O) groups is 1. The van der Waals surface area contributed by atoms with Crippen molar-refractivity contribution in [1.29, 1.82) is 0 Å². The van der Waals surface area contributed by atoms with Crippen LogP contribution < -0.4 is 5.32 Å². The first-order valence-electron chi connectivity index (χ1n) is 11.2. The van der Waals surface area contributed by atoms with Crippen LogP contribution in [0.5, 0.6) is 0 Å². The van der Waals surface area contributed by atoms with Gasteiger partial charge in [-0.05, 0) is 80.9 Å². The molecule has 0 bridgehead atoms. The number of carbonyl (C=O) groups excluding carboxylic acids is 1. The normalized spacial score (nSPS) is 17.8. The summed E-state index contributed by atoms with van der Waals surface area (Å²) in [4.78, 5) is 16.9. The summed E-state index contributed by atoms with van der Waals surface area (Å²) in [5.41, 5.74) is 3.79. The third-order valence-corrected chi connectivity index (χ3v) is 7.98. The van der Waals surface area contributed by atoms with E-state index in [1.165, 1.54) is 54.4 Å². The predicted molar refractivity (Wildman–Crippen MR) is 126 cm³/mol. The predicted octanol–water partition coefficient (Wildman–Crippen LogP) is 6.70. The molecular weight excluding hydrogens is 428 g/mol. The molecule has 6 heteroatoms. The number of furan rings is 1.